The van der Waals surface area contributed by atoms with E-state index >= 15 is 0 Å². The molecule has 0 aliphatic rings. The second kappa shape index (κ2) is 6.96. The Hall–Kier alpha value is -2.48. The number of amides is 1. The molecule has 3 rings (SSSR count). The van der Waals surface area contributed by atoms with Gasteiger partial charge in [-0.15, -0.1) is 11.3 Å². The van der Waals surface area contributed by atoms with Crippen LogP contribution in [-0.2, 0) is 11.3 Å². The first-order valence-corrected chi connectivity index (χ1v) is 8.73. The van der Waals surface area contributed by atoms with Crippen molar-refractivity contribution in [3.63, 3.8) is 0 Å². The summed E-state index contributed by atoms with van der Waals surface area (Å²) in [6.07, 6.45) is 5.73. The zero-order valence-electron chi connectivity index (χ0n) is 13.9. The van der Waals surface area contributed by atoms with Gasteiger partial charge >= 0.3 is 0 Å². The van der Waals surface area contributed by atoms with Crippen molar-refractivity contribution < 1.29 is 4.79 Å². The van der Waals surface area contributed by atoms with Crippen molar-refractivity contribution in [3.8, 4) is 11.3 Å². The van der Waals surface area contributed by atoms with Crippen molar-refractivity contribution in [2.75, 3.05) is 5.32 Å². The fraction of sp³-hybridized carbons (Fsp3) is 0.375. The number of hydrogen-bond acceptors (Lipinski definition) is 5. The van der Waals surface area contributed by atoms with Crippen LogP contribution in [0.1, 0.15) is 32.0 Å². The average Bonchev–Trinajstić information content (AvgIpc) is 3.27. The quantitative estimate of drug-likeness (QED) is 0.745. The normalized spacial score (nSPS) is 12.3. The molecule has 7 nitrogen and oxygen atoms in total. The third kappa shape index (κ3) is 3.38. The lowest BCUT2D eigenvalue weighted by Crippen LogP contribution is -2.17. The Morgan fingerprint density at radius 3 is 2.92 bits per heavy atom. The number of carbonyl (C=O) groups excluding carboxylic acids is 1. The van der Waals surface area contributed by atoms with Gasteiger partial charge in [0.1, 0.15) is 0 Å². The van der Waals surface area contributed by atoms with Gasteiger partial charge in [0.15, 0.2) is 5.13 Å². The van der Waals surface area contributed by atoms with E-state index in [-0.39, 0.29) is 11.9 Å². The van der Waals surface area contributed by atoms with E-state index in [1.54, 1.807) is 10.9 Å². The summed E-state index contributed by atoms with van der Waals surface area (Å²) in [6.45, 7) is 6.86. The van der Waals surface area contributed by atoms with Crippen molar-refractivity contribution in [2.45, 2.75) is 39.8 Å². The molecule has 1 unspecified atom stereocenters. The summed E-state index contributed by atoms with van der Waals surface area (Å²) in [7, 11) is 0. The van der Waals surface area contributed by atoms with Crippen molar-refractivity contribution in [3.05, 3.63) is 35.7 Å². The monoisotopic (exact) mass is 344 g/mol. The lowest BCUT2D eigenvalue weighted by atomic mass is 10.2. The van der Waals surface area contributed by atoms with Crippen LogP contribution in [0.25, 0.3) is 11.3 Å². The second-order valence-corrected chi connectivity index (χ2v) is 6.44. The van der Waals surface area contributed by atoms with Crippen LogP contribution in [0.15, 0.2) is 30.0 Å². The molecular weight excluding hydrogens is 324 g/mol. The fourth-order valence-corrected chi connectivity index (χ4v) is 3.27. The van der Waals surface area contributed by atoms with E-state index in [1.807, 2.05) is 42.4 Å². The predicted octanol–water partition coefficient (Wildman–Crippen LogP) is 3.12. The molecule has 3 heterocycles. The number of hydrogen-bond donors (Lipinski definition) is 1. The zero-order valence-corrected chi connectivity index (χ0v) is 14.7. The molecule has 8 heteroatoms. The smallest absolute Gasteiger partial charge is 0.228 e. The molecule has 0 saturated carbocycles. The highest BCUT2D eigenvalue weighted by Gasteiger charge is 2.15. The van der Waals surface area contributed by atoms with Crippen molar-refractivity contribution in [1.82, 2.24) is 24.5 Å². The second-order valence-electron chi connectivity index (χ2n) is 5.58. The van der Waals surface area contributed by atoms with E-state index < -0.39 is 0 Å². The molecule has 0 spiro atoms. The molecule has 24 heavy (non-hydrogen) atoms. The van der Waals surface area contributed by atoms with Crippen LogP contribution in [0.3, 0.4) is 0 Å². The molecule has 0 aromatic carbocycles. The fourth-order valence-electron chi connectivity index (χ4n) is 2.55. The molecule has 0 aliphatic heterocycles. The minimum atomic E-state index is -0.0696. The van der Waals surface area contributed by atoms with Gasteiger partial charge in [-0.1, -0.05) is 0 Å². The van der Waals surface area contributed by atoms with Gasteiger partial charge in [-0.3, -0.25) is 14.2 Å². The summed E-state index contributed by atoms with van der Waals surface area (Å²) in [6, 6.07) is 1.85. The number of rotatable bonds is 6. The highest BCUT2D eigenvalue weighted by molar-refractivity contribution is 7.14. The van der Waals surface area contributed by atoms with Gasteiger partial charge in [0.05, 0.1) is 17.9 Å². The molecular formula is C16H20N6OS. The number of nitrogens with zero attached hydrogens (tertiary/aromatic N) is 5. The lowest BCUT2D eigenvalue weighted by molar-refractivity contribution is -0.116. The predicted molar refractivity (Wildman–Crippen MR) is 93.9 cm³/mol. The number of aryl methyl sites for hydroxylation is 1. The van der Waals surface area contributed by atoms with E-state index in [4.69, 9.17) is 0 Å². The van der Waals surface area contributed by atoms with Gasteiger partial charge in [-0.25, -0.2) is 4.98 Å². The highest BCUT2D eigenvalue weighted by atomic mass is 32.1. The van der Waals surface area contributed by atoms with Crippen molar-refractivity contribution in [1.29, 1.82) is 0 Å². The Morgan fingerprint density at radius 2 is 2.25 bits per heavy atom. The minimum Gasteiger partial charge on any atom is -0.302 e. The topological polar surface area (TPSA) is 77.6 Å². The van der Waals surface area contributed by atoms with Crippen LogP contribution >= 0.6 is 11.3 Å². The molecule has 0 radical (unpaired) electrons. The van der Waals surface area contributed by atoms with Crippen LogP contribution in [0.4, 0.5) is 5.13 Å². The highest BCUT2D eigenvalue weighted by Crippen LogP contribution is 2.27. The summed E-state index contributed by atoms with van der Waals surface area (Å²) < 4.78 is 3.70. The standard InChI is InChI=1S/C16H20N6OS/c1-4-21-12(3)13(9-18-21)14-10-24-16(19-14)20-15(23)8-11(2)22-7-5-6-17-22/h5-7,9-11H,4,8H2,1-3H3,(H,19,20,23). The Morgan fingerprint density at radius 1 is 1.42 bits per heavy atom. The van der Waals surface area contributed by atoms with Crippen LogP contribution in [0, 0.1) is 6.92 Å². The Bertz CT molecular complexity index is 820. The number of thiazole rings is 1. The van der Waals surface area contributed by atoms with Crippen LogP contribution < -0.4 is 5.32 Å². The summed E-state index contributed by atoms with van der Waals surface area (Å²) in [5, 5.41) is 13.9. The average molecular weight is 344 g/mol. The van der Waals surface area contributed by atoms with Gasteiger partial charge < -0.3 is 5.32 Å². The number of carbonyl (C=O) groups is 1. The maximum absolute atomic E-state index is 12.2. The maximum atomic E-state index is 12.2. The third-order valence-electron chi connectivity index (χ3n) is 3.89. The first-order chi connectivity index (χ1) is 11.6. The molecule has 1 N–H and O–H groups in total. The van der Waals surface area contributed by atoms with Crippen molar-refractivity contribution in [2.24, 2.45) is 0 Å². The summed E-state index contributed by atoms with van der Waals surface area (Å²) in [4.78, 5) is 16.7. The van der Waals surface area contributed by atoms with Gasteiger partial charge in [-0.2, -0.15) is 10.2 Å². The molecule has 0 bridgehead atoms. The molecule has 0 aliphatic carbocycles. The van der Waals surface area contributed by atoms with Gasteiger partial charge in [-0.05, 0) is 26.8 Å². The van der Waals surface area contributed by atoms with Gasteiger partial charge in [0.25, 0.3) is 0 Å². The number of anilines is 1. The van der Waals surface area contributed by atoms with Crippen LogP contribution in [-0.4, -0.2) is 30.5 Å². The summed E-state index contributed by atoms with van der Waals surface area (Å²) in [5.41, 5.74) is 2.92. The summed E-state index contributed by atoms with van der Waals surface area (Å²) in [5.74, 6) is -0.0696. The Kier molecular flexibility index (Phi) is 4.75. The molecule has 126 valence electrons. The third-order valence-corrected chi connectivity index (χ3v) is 4.64. The Balaban J connectivity index is 1.65. The number of aromatic nitrogens is 5. The van der Waals surface area contributed by atoms with Gasteiger partial charge in [0.2, 0.25) is 5.91 Å². The molecule has 0 fully saturated rings. The van der Waals surface area contributed by atoms with E-state index in [1.165, 1.54) is 11.3 Å². The minimum absolute atomic E-state index is 0.00413. The molecule has 3 aromatic heterocycles. The SMILES string of the molecule is CCn1ncc(-c2csc(NC(=O)CC(C)n3cccn3)n2)c1C. The van der Waals surface area contributed by atoms with E-state index in [0.29, 0.717) is 11.6 Å². The number of nitrogens with one attached hydrogen (secondary N) is 1. The molecule has 1 atom stereocenters. The van der Waals surface area contributed by atoms with Gasteiger partial charge in [0, 0.05) is 42.0 Å². The first kappa shape index (κ1) is 16.4. The maximum Gasteiger partial charge on any atom is 0.228 e. The molecule has 3 aromatic rings. The zero-order chi connectivity index (χ0) is 17.1. The molecule has 0 saturated heterocycles. The Labute approximate surface area is 144 Å². The summed E-state index contributed by atoms with van der Waals surface area (Å²) >= 11 is 1.42. The van der Waals surface area contributed by atoms with Crippen LogP contribution in [0.5, 0.6) is 0 Å². The molecule has 1 amide bonds. The van der Waals surface area contributed by atoms with Crippen LogP contribution in [0.2, 0.25) is 0 Å². The first-order valence-electron chi connectivity index (χ1n) is 7.85. The van der Waals surface area contributed by atoms with Crippen molar-refractivity contribution >= 4 is 22.4 Å². The van der Waals surface area contributed by atoms with E-state index in [2.05, 4.69) is 27.4 Å². The van der Waals surface area contributed by atoms with E-state index in [9.17, 15) is 4.79 Å². The lowest BCUT2D eigenvalue weighted by Gasteiger charge is -2.11. The largest absolute Gasteiger partial charge is 0.302 e. The van der Waals surface area contributed by atoms with E-state index in [0.717, 1.165) is 23.5 Å².